The lowest BCUT2D eigenvalue weighted by Gasteiger charge is -2.45. The molecule has 0 spiro atoms. The molecule has 3 heteroatoms. The van der Waals surface area contributed by atoms with E-state index in [1.807, 2.05) is 0 Å². The molecule has 2 unspecified atom stereocenters. The quantitative estimate of drug-likeness (QED) is 0.767. The standard InChI is InChI=1S/C14H28N2O/c1-2-13-4-3-6-14(12-15,7-5-13)16-8-10-17-11-9-16/h13H,2-12,15H2,1H3. The van der Waals surface area contributed by atoms with E-state index in [0.29, 0.717) is 0 Å². The molecule has 2 aliphatic rings. The Morgan fingerprint density at radius 1 is 1.24 bits per heavy atom. The summed E-state index contributed by atoms with van der Waals surface area (Å²) in [5.74, 6) is 0.935. The van der Waals surface area contributed by atoms with Gasteiger partial charge in [-0.2, -0.15) is 0 Å². The highest BCUT2D eigenvalue weighted by Gasteiger charge is 2.37. The van der Waals surface area contributed by atoms with Gasteiger partial charge in [0.25, 0.3) is 0 Å². The molecule has 17 heavy (non-hydrogen) atoms. The number of hydrogen-bond donors (Lipinski definition) is 1. The van der Waals surface area contributed by atoms with Gasteiger partial charge in [-0.15, -0.1) is 0 Å². The van der Waals surface area contributed by atoms with Crippen molar-refractivity contribution in [2.45, 2.75) is 51.0 Å². The SMILES string of the molecule is CCC1CCCC(CN)(N2CCOCC2)CC1. The van der Waals surface area contributed by atoms with Gasteiger partial charge in [-0.1, -0.05) is 26.2 Å². The molecular weight excluding hydrogens is 212 g/mol. The van der Waals surface area contributed by atoms with Gasteiger partial charge in [0.2, 0.25) is 0 Å². The first-order valence-electron chi connectivity index (χ1n) is 7.33. The molecule has 100 valence electrons. The molecule has 0 radical (unpaired) electrons. The molecule has 0 aromatic heterocycles. The summed E-state index contributed by atoms with van der Waals surface area (Å²) in [5, 5.41) is 0. The number of morpholine rings is 1. The number of nitrogens with two attached hydrogens (primary N) is 1. The summed E-state index contributed by atoms with van der Waals surface area (Å²) in [4.78, 5) is 2.62. The van der Waals surface area contributed by atoms with Crippen LogP contribution in [0.25, 0.3) is 0 Å². The Bertz CT molecular complexity index is 228. The maximum atomic E-state index is 6.14. The Balaban J connectivity index is 2.01. The van der Waals surface area contributed by atoms with Crippen molar-refractivity contribution in [1.29, 1.82) is 0 Å². The average molecular weight is 240 g/mol. The second-order valence-electron chi connectivity index (χ2n) is 5.73. The van der Waals surface area contributed by atoms with Crippen LogP contribution < -0.4 is 5.73 Å². The van der Waals surface area contributed by atoms with Crippen LogP contribution in [0.5, 0.6) is 0 Å². The lowest BCUT2D eigenvalue weighted by atomic mass is 9.87. The van der Waals surface area contributed by atoms with E-state index in [9.17, 15) is 0 Å². The Kier molecular flexibility index (Phi) is 4.83. The lowest BCUT2D eigenvalue weighted by molar-refractivity contribution is -0.0259. The van der Waals surface area contributed by atoms with Crippen LogP contribution in [0.15, 0.2) is 0 Å². The fourth-order valence-corrected chi connectivity index (χ4v) is 3.56. The largest absolute Gasteiger partial charge is 0.379 e. The minimum Gasteiger partial charge on any atom is -0.379 e. The molecule has 0 aromatic rings. The van der Waals surface area contributed by atoms with Gasteiger partial charge >= 0.3 is 0 Å². The molecule has 2 N–H and O–H groups in total. The van der Waals surface area contributed by atoms with Crippen LogP contribution in [0.2, 0.25) is 0 Å². The fourth-order valence-electron chi connectivity index (χ4n) is 3.56. The highest BCUT2D eigenvalue weighted by atomic mass is 16.5. The highest BCUT2D eigenvalue weighted by molar-refractivity contribution is 4.94. The summed E-state index contributed by atoms with van der Waals surface area (Å²) < 4.78 is 5.47. The molecule has 0 amide bonds. The molecule has 1 aliphatic heterocycles. The van der Waals surface area contributed by atoms with Crippen molar-refractivity contribution in [3.8, 4) is 0 Å². The van der Waals surface area contributed by atoms with Crippen LogP contribution in [0, 0.1) is 5.92 Å². The van der Waals surface area contributed by atoms with Crippen LogP contribution in [0.1, 0.15) is 45.4 Å². The molecule has 0 aromatic carbocycles. The number of nitrogens with zero attached hydrogens (tertiary/aromatic N) is 1. The lowest BCUT2D eigenvalue weighted by Crippen LogP contribution is -2.57. The average Bonchev–Trinajstić information content (AvgIpc) is 2.62. The van der Waals surface area contributed by atoms with Crippen molar-refractivity contribution in [3.63, 3.8) is 0 Å². The van der Waals surface area contributed by atoms with Gasteiger partial charge in [-0.25, -0.2) is 0 Å². The first-order chi connectivity index (χ1) is 8.30. The van der Waals surface area contributed by atoms with Gasteiger partial charge in [0.15, 0.2) is 0 Å². The van der Waals surface area contributed by atoms with Gasteiger partial charge in [0.1, 0.15) is 0 Å². The third-order valence-corrected chi connectivity index (χ3v) is 4.91. The second kappa shape index (κ2) is 6.17. The summed E-state index contributed by atoms with van der Waals surface area (Å²) in [6.45, 7) is 7.08. The Labute approximate surface area is 106 Å². The van der Waals surface area contributed by atoms with Crippen molar-refractivity contribution < 1.29 is 4.74 Å². The van der Waals surface area contributed by atoms with Crippen LogP contribution >= 0.6 is 0 Å². The van der Waals surface area contributed by atoms with Gasteiger partial charge in [-0.05, 0) is 25.2 Å². The predicted molar refractivity (Wildman–Crippen MR) is 71.0 cm³/mol. The maximum absolute atomic E-state index is 6.14. The van der Waals surface area contributed by atoms with Crippen LogP contribution in [-0.2, 0) is 4.74 Å². The van der Waals surface area contributed by atoms with Crippen LogP contribution in [0.3, 0.4) is 0 Å². The van der Waals surface area contributed by atoms with Gasteiger partial charge in [0.05, 0.1) is 13.2 Å². The predicted octanol–water partition coefficient (Wildman–Crippen LogP) is 2.01. The molecule has 2 atom stereocenters. The van der Waals surface area contributed by atoms with Crippen molar-refractivity contribution >= 4 is 0 Å². The number of hydrogen-bond acceptors (Lipinski definition) is 3. The van der Waals surface area contributed by atoms with Gasteiger partial charge in [0, 0.05) is 25.2 Å². The molecule has 0 bridgehead atoms. The molecular formula is C14H28N2O. The molecule has 1 saturated carbocycles. The van der Waals surface area contributed by atoms with Crippen molar-refractivity contribution in [2.24, 2.45) is 11.7 Å². The minimum absolute atomic E-state index is 0.285. The zero-order chi connectivity index (χ0) is 12.1. The van der Waals surface area contributed by atoms with E-state index in [4.69, 9.17) is 10.5 Å². The van der Waals surface area contributed by atoms with E-state index in [-0.39, 0.29) is 5.54 Å². The number of rotatable bonds is 3. The minimum atomic E-state index is 0.285. The Morgan fingerprint density at radius 3 is 2.65 bits per heavy atom. The molecule has 2 fully saturated rings. The van der Waals surface area contributed by atoms with E-state index >= 15 is 0 Å². The monoisotopic (exact) mass is 240 g/mol. The van der Waals surface area contributed by atoms with Crippen molar-refractivity contribution in [3.05, 3.63) is 0 Å². The normalized spacial score (nSPS) is 36.7. The first kappa shape index (κ1) is 13.3. The van der Waals surface area contributed by atoms with E-state index in [2.05, 4.69) is 11.8 Å². The summed E-state index contributed by atoms with van der Waals surface area (Å²) in [7, 11) is 0. The van der Waals surface area contributed by atoms with Crippen LogP contribution in [-0.4, -0.2) is 43.3 Å². The molecule has 1 aliphatic carbocycles. The first-order valence-corrected chi connectivity index (χ1v) is 7.33. The molecule has 1 saturated heterocycles. The zero-order valence-electron chi connectivity index (χ0n) is 11.3. The van der Waals surface area contributed by atoms with E-state index in [1.54, 1.807) is 0 Å². The topological polar surface area (TPSA) is 38.5 Å². The smallest absolute Gasteiger partial charge is 0.0594 e. The number of ether oxygens (including phenoxy) is 1. The summed E-state index contributed by atoms with van der Waals surface area (Å²) in [6, 6.07) is 0. The molecule has 2 rings (SSSR count). The summed E-state index contributed by atoms with van der Waals surface area (Å²) in [5.41, 5.74) is 6.43. The maximum Gasteiger partial charge on any atom is 0.0594 e. The third-order valence-electron chi connectivity index (χ3n) is 4.91. The van der Waals surface area contributed by atoms with Crippen molar-refractivity contribution in [2.75, 3.05) is 32.8 Å². The van der Waals surface area contributed by atoms with Crippen molar-refractivity contribution in [1.82, 2.24) is 4.90 Å². The molecule has 1 heterocycles. The zero-order valence-corrected chi connectivity index (χ0v) is 11.3. The fraction of sp³-hybridized carbons (Fsp3) is 1.00. The van der Waals surface area contributed by atoms with Crippen LogP contribution in [0.4, 0.5) is 0 Å². The van der Waals surface area contributed by atoms with Gasteiger partial charge in [-0.3, -0.25) is 4.90 Å². The van der Waals surface area contributed by atoms with E-state index in [0.717, 1.165) is 38.8 Å². The molecule has 3 nitrogen and oxygen atoms in total. The second-order valence-corrected chi connectivity index (χ2v) is 5.73. The third kappa shape index (κ3) is 3.01. The van der Waals surface area contributed by atoms with Gasteiger partial charge < -0.3 is 10.5 Å². The Hall–Kier alpha value is -0.120. The Morgan fingerprint density at radius 2 is 2.00 bits per heavy atom. The van der Waals surface area contributed by atoms with E-state index < -0.39 is 0 Å². The summed E-state index contributed by atoms with van der Waals surface area (Å²) in [6.07, 6.45) is 8.05. The highest BCUT2D eigenvalue weighted by Crippen LogP contribution is 2.35. The summed E-state index contributed by atoms with van der Waals surface area (Å²) >= 11 is 0. The van der Waals surface area contributed by atoms with E-state index in [1.165, 1.54) is 38.5 Å².